The molecule has 2 rings (SSSR count). The van der Waals surface area contributed by atoms with E-state index >= 15 is 0 Å². The van der Waals surface area contributed by atoms with Crippen molar-refractivity contribution in [3.8, 4) is 5.75 Å². The fraction of sp³-hybridized carbons (Fsp3) is 0.611. The van der Waals surface area contributed by atoms with Crippen LogP contribution in [-0.2, 0) is 11.0 Å². The van der Waals surface area contributed by atoms with Crippen LogP contribution in [0.5, 0.6) is 5.75 Å². The minimum absolute atomic E-state index is 0.0122. The van der Waals surface area contributed by atoms with Crippen molar-refractivity contribution >= 4 is 5.91 Å². The van der Waals surface area contributed by atoms with Crippen molar-refractivity contribution in [1.82, 2.24) is 4.90 Å². The number of aliphatic hydroxyl groups is 1. The Hall–Kier alpha value is -1.80. The predicted octanol–water partition coefficient (Wildman–Crippen LogP) is 2.42. The molecule has 3 atom stereocenters. The van der Waals surface area contributed by atoms with E-state index in [-0.39, 0.29) is 36.8 Å². The monoisotopic (exact) mass is 374 g/mol. The van der Waals surface area contributed by atoms with Gasteiger partial charge in [0.05, 0.1) is 5.56 Å². The van der Waals surface area contributed by atoms with E-state index in [9.17, 15) is 23.1 Å². The molecule has 1 fully saturated rings. The molecule has 5 nitrogen and oxygen atoms in total. The van der Waals surface area contributed by atoms with Gasteiger partial charge in [0.2, 0.25) is 5.91 Å². The maximum absolute atomic E-state index is 12.9. The molecule has 3 N–H and O–H groups in total. The van der Waals surface area contributed by atoms with Crippen molar-refractivity contribution in [2.45, 2.75) is 44.0 Å². The average Bonchev–Trinajstić information content (AvgIpc) is 2.58. The van der Waals surface area contributed by atoms with Crippen LogP contribution in [0.4, 0.5) is 13.2 Å². The fourth-order valence-corrected chi connectivity index (χ4v) is 3.24. The summed E-state index contributed by atoms with van der Waals surface area (Å²) < 4.78 is 43.9. The number of likely N-dealkylation sites (N-methyl/N-ethyl adjacent to an activating group) is 1. The molecule has 1 aromatic carbocycles. The number of carbonyl (C=O) groups is 1. The van der Waals surface area contributed by atoms with Crippen LogP contribution < -0.4 is 10.5 Å². The van der Waals surface area contributed by atoms with E-state index in [1.807, 2.05) is 0 Å². The van der Waals surface area contributed by atoms with Gasteiger partial charge in [0, 0.05) is 25.6 Å². The molecule has 0 radical (unpaired) electrons. The zero-order valence-corrected chi connectivity index (χ0v) is 14.7. The number of aliphatic hydroxyl groups excluding tert-OH is 1. The Labute approximate surface area is 150 Å². The third kappa shape index (κ3) is 5.60. The van der Waals surface area contributed by atoms with Crippen LogP contribution in [0.2, 0.25) is 0 Å². The van der Waals surface area contributed by atoms with Crippen LogP contribution in [0, 0.1) is 5.92 Å². The summed E-state index contributed by atoms with van der Waals surface area (Å²) in [5.74, 6) is -0.607. The van der Waals surface area contributed by atoms with Gasteiger partial charge in [-0.1, -0.05) is 18.6 Å². The largest absolute Gasteiger partial charge is 0.490 e. The Balaban J connectivity index is 1.87. The number of halogens is 3. The fourth-order valence-electron chi connectivity index (χ4n) is 3.24. The van der Waals surface area contributed by atoms with Gasteiger partial charge in [0.25, 0.3) is 0 Å². The first-order chi connectivity index (χ1) is 12.2. The molecule has 8 heteroatoms. The summed E-state index contributed by atoms with van der Waals surface area (Å²) in [4.78, 5) is 13.8. The van der Waals surface area contributed by atoms with Gasteiger partial charge in [-0.25, -0.2) is 0 Å². The molecular formula is C18H25F3N2O3. The molecule has 1 aromatic rings. The summed E-state index contributed by atoms with van der Waals surface area (Å²) in [7, 11) is 1.56. The second-order valence-corrected chi connectivity index (χ2v) is 6.80. The minimum atomic E-state index is -4.53. The van der Waals surface area contributed by atoms with E-state index in [1.165, 1.54) is 23.1 Å². The Morgan fingerprint density at radius 1 is 1.38 bits per heavy atom. The number of rotatable bonds is 6. The smallest absolute Gasteiger partial charge is 0.419 e. The minimum Gasteiger partial charge on any atom is -0.490 e. The first kappa shape index (κ1) is 20.5. The number of hydrogen-bond donors (Lipinski definition) is 2. The maximum atomic E-state index is 12.9. The molecule has 0 aromatic heterocycles. The molecule has 1 amide bonds. The molecular weight excluding hydrogens is 349 g/mol. The number of amides is 1. The average molecular weight is 374 g/mol. The van der Waals surface area contributed by atoms with Crippen molar-refractivity contribution in [3.63, 3.8) is 0 Å². The number of nitrogens with two attached hydrogens (primary N) is 1. The first-order valence-electron chi connectivity index (χ1n) is 8.66. The lowest BCUT2D eigenvalue weighted by Crippen LogP contribution is -2.42. The van der Waals surface area contributed by atoms with Crippen molar-refractivity contribution in [2.75, 3.05) is 20.2 Å². The van der Waals surface area contributed by atoms with Crippen LogP contribution in [0.25, 0.3) is 0 Å². The zero-order valence-electron chi connectivity index (χ0n) is 14.7. The third-order valence-corrected chi connectivity index (χ3v) is 4.55. The van der Waals surface area contributed by atoms with Gasteiger partial charge in [0.1, 0.15) is 18.5 Å². The predicted molar refractivity (Wildman–Crippen MR) is 90.5 cm³/mol. The van der Waals surface area contributed by atoms with Crippen molar-refractivity contribution < 1.29 is 27.8 Å². The molecule has 0 spiro atoms. The Morgan fingerprint density at radius 3 is 2.73 bits per heavy atom. The summed E-state index contributed by atoms with van der Waals surface area (Å²) in [5.41, 5.74) is 5.00. The topological polar surface area (TPSA) is 75.8 Å². The number of hydrogen-bond acceptors (Lipinski definition) is 4. The molecule has 0 heterocycles. The Morgan fingerprint density at radius 2 is 2.08 bits per heavy atom. The van der Waals surface area contributed by atoms with E-state index in [0.29, 0.717) is 6.42 Å². The normalized spacial score (nSPS) is 21.9. The molecule has 0 aliphatic heterocycles. The van der Waals surface area contributed by atoms with Gasteiger partial charge in [-0.2, -0.15) is 13.2 Å². The van der Waals surface area contributed by atoms with Crippen molar-refractivity contribution in [1.29, 1.82) is 0 Å². The number of carbonyl (C=O) groups excluding carboxylic acids is 1. The maximum Gasteiger partial charge on any atom is 0.419 e. The van der Waals surface area contributed by atoms with Crippen LogP contribution >= 0.6 is 0 Å². The summed E-state index contributed by atoms with van der Waals surface area (Å²) in [6.45, 7) is -0.354. The van der Waals surface area contributed by atoms with E-state index in [2.05, 4.69) is 0 Å². The molecule has 26 heavy (non-hydrogen) atoms. The van der Waals surface area contributed by atoms with Crippen LogP contribution in [0.3, 0.4) is 0 Å². The van der Waals surface area contributed by atoms with Gasteiger partial charge in [-0.15, -0.1) is 0 Å². The highest BCUT2D eigenvalue weighted by atomic mass is 19.4. The van der Waals surface area contributed by atoms with Gasteiger partial charge < -0.3 is 20.5 Å². The lowest BCUT2D eigenvalue weighted by molar-refractivity contribution is -0.139. The van der Waals surface area contributed by atoms with Crippen molar-refractivity contribution in [2.24, 2.45) is 11.7 Å². The highest BCUT2D eigenvalue weighted by Gasteiger charge is 2.34. The SMILES string of the molecule is CN(C[C@H](O)COc1ccccc1C(F)(F)F)C(=O)[C@@H]1CCC[C@@H](N)C1. The van der Waals surface area contributed by atoms with Crippen LogP contribution in [-0.4, -0.2) is 48.3 Å². The van der Waals surface area contributed by atoms with Gasteiger partial charge >= 0.3 is 6.18 Å². The summed E-state index contributed by atoms with van der Waals surface area (Å²) in [5, 5.41) is 10.0. The lowest BCUT2D eigenvalue weighted by atomic mass is 9.85. The van der Waals surface area contributed by atoms with Crippen molar-refractivity contribution in [3.05, 3.63) is 29.8 Å². The van der Waals surface area contributed by atoms with Gasteiger partial charge in [-0.3, -0.25) is 4.79 Å². The molecule has 1 saturated carbocycles. The number of nitrogens with zero attached hydrogens (tertiary/aromatic N) is 1. The van der Waals surface area contributed by atoms with Gasteiger partial charge in [0.15, 0.2) is 0 Å². The molecule has 1 aliphatic rings. The molecule has 0 bridgehead atoms. The van der Waals surface area contributed by atoms with E-state index in [0.717, 1.165) is 25.3 Å². The number of alkyl halides is 3. The molecule has 0 saturated heterocycles. The lowest BCUT2D eigenvalue weighted by Gasteiger charge is -2.30. The summed E-state index contributed by atoms with van der Waals surface area (Å²) in [6, 6.07) is 4.84. The standard InChI is InChI=1S/C18H25F3N2O3/c1-23(17(25)12-5-4-6-13(22)9-12)10-14(24)11-26-16-8-3-2-7-15(16)18(19,20)21/h2-3,7-8,12-14,24H,4-6,9-11,22H2,1H3/t12-,13-,14+/m1/s1. The second kappa shape index (κ2) is 8.73. The third-order valence-electron chi connectivity index (χ3n) is 4.55. The number of ether oxygens (including phenoxy) is 1. The van der Waals surface area contributed by atoms with E-state index < -0.39 is 17.8 Å². The van der Waals surface area contributed by atoms with Crippen LogP contribution in [0.1, 0.15) is 31.2 Å². The first-order valence-corrected chi connectivity index (χ1v) is 8.66. The number of benzene rings is 1. The Kier molecular flexibility index (Phi) is 6.88. The summed E-state index contributed by atoms with van der Waals surface area (Å²) in [6.07, 6.45) is -2.44. The second-order valence-electron chi connectivity index (χ2n) is 6.80. The molecule has 0 unspecified atom stereocenters. The summed E-state index contributed by atoms with van der Waals surface area (Å²) >= 11 is 0. The zero-order chi connectivity index (χ0) is 19.3. The van der Waals surface area contributed by atoms with E-state index in [1.54, 1.807) is 7.05 Å². The highest BCUT2D eigenvalue weighted by molar-refractivity contribution is 5.78. The quantitative estimate of drug-likeness (QED) is 0.802. The Bertz CT molecular complexity index is 610. The highest BCUT2D eigenvalue weighted by Crippen LogP contribution is 2.35. The van der Waals surface area contributed by atoms with Crippen LogP contribution in [0.15, 0.2) is 24.3 Å². The van der Waals surface area contributed by atoms with E-state index in [4.69, 9.17) is 10.5 Å². The van der Waals surface area contributed by atoms with Gasteiger partial charge in [-0.05, 0) is 31.4 Å². The number of para-hydroxylation sites is 1. The molecule has 1 aliphatic carbocycles. The molecule has 146 valence electrons.